The maximum Gasteiger partial charge on any atom is 0.307 e. The number of nitrogens with zero attached hydrogens (tertiary/aromatic N) is 2. The van der Waals surface area contributed by atoms with Crippen LogP contribution in [0.15, 0.2) is 36.4 Å². The lowest BCUT2D eigenvalue weighted by molar-refractivity contribution is -0.146. The first kappa shape index (κ1) is 18.4. The predicted octanol–water partition coefficient (Wildman–Crippen LogP) is 3.15. The molecule has 2 bridgehead atoms. The van der Waals surface area contributed by atoms with E-state index in [1.54, 1.807) is 23.7 Å². The average molecular weight is 383 g/mol. The van der Waals surface area contributed by atoms with Gasteiger partial charge in [0.05, 0.1) is 35.5 Å². The van der Waals surface area contributed by atoms with E-state index in [9.17, 15) is 19.1 Å². The van der Waals surface area contributed by atoms with Crippen LogP contribution in [0.1, 0.15) is 23.4 Å². The van der Waals surface area contributed by atoms with Gasteiger partial charge in [0.25, 0.3) is 0 Å². The van der Waals surface area contributed by atoms with Crippen molar-refractivity contribution in [2.45, 2.75) is 26.8 Å². The van der Waals surface area contributed by atoms with Crippen LogP contribution >= 0.6 is 0 Å². The molecule has 1 saturated carbocycles. The number of hydrogen-bond acceptors (Lipinski definition) is 3. The minimum Gasteiger partial charge on any atom is -0.481 e. The highest BCUT2D eigenvalue weighted by Crippen LogP contribution is 2.48. The van der Waals surface area contributed by atoms with Gasteiger partial charge in [-0.15, -0.1) is 0 Å². The molecule has 146 valence electrons. The van der Waals surface area contributed by atoms with Gasteiger partial charge in [0, 0.05) is 0 Å². The zero-order chi connectivity index (χ0) is 20.0. The molecule has 6 nitrogen and oxygen atoms in total. The van der Waals surface area contributed by atoms with Crippen molar-refractivity contribution in [2.75, 3.05) is 5.32 Å². The molecule has 0 unspecified atom stereocenters. The minimum atomic E-state index is -0.919. The van der Waals surface area contributed by atoms with Crippen molar-refractivity contribution in [3.63, 3.8) is 0 Å². The van der Waals surface area contributed by atoms with Gasteiger partial charge < -0.3 is 10.4 Å². The number of halogens is 1. The summed E-state index contributed by atoms with van der Waals surface area (Å²) in [6.07, 6.45) is 4.60. The van der Waals surface area contributed by atoms with Gasteiger partial charge in [0.2, 0.25) is 5.91 Å². The molecular weight excluding hydrogens is 361 g/mol. The molecule has 2 aliphatic rings. The summed E-state index contributed by atoms with van der Waals surface area (Å²) in [7, 11) is 0. The second-order valence-electron chi connectivity index (χ2n) is 7.66. The average Bonchev–Trinajstić information content (AvgIpc) is 3.33. The van der Waals surface area contributed by atoms with Crippen molar-refractivity contribution in [3.05, 3.63) is 59.2 Å². The van der Waals surface area contributed by atoms with Crippen molar-refractivity contribution in [1.29, 1.82) is 0 Å². The molecule has 0 spiro atoms. The van der Waals surface area contributed by atoms with E-state index in [2.05, 4.69) is 10.4 Å². The summed E-state index contributed by atoms with van der Waals surface area (Å²) in [5, 5.41) is 17.0. The van der Waals surface area contributed by atoms with Crippen LogP contribution in [0.2, 0.25) is 0 Å². The van der Waals surface area contributed by atoms with Gasteiger partial charge in [-0.25, -0.2) is 4.39 Å². The number of anilines is 1. The van der Waals surface area contributed by atoms with Gasteiger partial charge in [-0.3, -0.25) is 14.3 Å². The zero-order valence-electron chi connectivity index (χ0n) is 15.7. The number of carboxylic acid groups (broad SMARTS) is 1. The fourth-order valence-electron chi connectivity index (χ4n) is 4.52. The highest BCUT2D eigenvalue weighted by atomic mass is 19.1. The van der Waals surface area contributed by atoms with E-state index < -0.39 is 17.8 Å². The number of carbonyl (C=O) groups excluding carboxylic acids is 1. The largest absolute Gasteiger partial charge is 0.481 e. The lowest BCUT2D eigenvalue weighted by Crippen LogP contribution is -2.36. The topological polar surface area (TPSA) is 84.2 Å². The van der Waals surface area contributed by atoms with Crippen LogP contribution in [0, 0.1) is 43.3 Å². The van der Waals surface area contributed by atoms with Crippen molar-refractivity contribution in [1.82, 2.24) is 9.78 Å². The Bertz CT molecular complexity index is 964. The fraction of sp³-hybridized carbons (Fsp3) is 0.381. The van der Waals surface area contributed by atoms with Crippen molar-refractivity contribution < 1.29 is 19.1 Å². The molecule has 1 amide bonds. The van der Waals surface area contributed by atoms with Crippen LogP contribution in [0.5, 0.6) is 0 Å². The van der Waals surface area contributed by atoms with E-state index >= 15 is 0 Å². The second-order valence-corrected chi connectivity index (χ2v) is 7.66. The summed E-state index contributed by atoms with van der Waals surface area (Å²) in [5.74, 6) is -2.81. The normalized spacial score (nSPS) is 25.2. The quantitative estimate of drug-likeness (QED) is 0.777. The number of fused-ring (bicyclic) bond motifs is 2. The monoisotopic (exact) mass is 383 g/mol. The number of aromatic nitrogens is 2. The molecular formula is C21H22FN3O3. The first-order chi connectivity index (χ1) is 13.3. The third-order valence-corrected chi connectivity index (χ3v) is 5.92. The summed E-state index contributed by atoms with van der Waals surface area (Å²) in [5.41, 5.74) is 2.95. The van der Waals surface area contributed by atoms with Crippen LogP contribution in [0.4, 0.5) is 10.1 Å². The van der Waals surface area contributed by atoms with Gasteiger partial charge >= 0.3 is 5.97 Å². The summed E-state index contributed by atoms with van der Waals surface area (Å²) in [6.45, 7) is 4.12. The van der Waals surface area contributed by atoms with Gasteiger partial charge in [-0.2, -0.15) is 5.10 Å². The highest BCUT2D eigenvalue weighted by Gasteiger charge is 2.51. The first-order valence-corrected chi connectivity index (χ1v) is 9.35. The third-order valence-electron chi connectivity index (χ3n) is 5.92. The maximum absolute atomic E-state index is 13.1. The third kappa shape index (κ3) is 3.10. The van der Waals surface area contributed by atoms with Crippen LogP contribution in [0.25, 0.3) is 0 Å². The van der Waals surface area contributed by atoms with E-state index in [0.717, 1.165) is 17.7 Å². The number of carbonyl (C=O) groups is 2. The highest BCUT2D eigenvalue weighted by molar-refractivity contribution is 5.97. The molecule has 7 heteroatoms. The molecule has 0 saturated heterocycles. The van der Waals surface area contributed by atoms with Gasteiger partial charge in [-0.05, 0) is 49.8 Å². The molecule has 28 heavy (non-hydrogen) atoms. The molecule has 1 fully saturated rings. The number of rotatable bonds is 5. The summed E-state index contributed by atoms with van der Waals surface area (Å²) in [6, 6.07) is 6.20. The Morgan fingerprint density at radius 1 is 1.18 bits per heavy atom. The predicted molar refractivity (Wildman–Crippen MR) is 101 cm³/mol. The lowest BCUT2D eigenvalue weighted by Gasteiger charge is -2.23. The van der Waals surface area contributed by atoms with Gasteiger partial charge in [0.1, 0.15) is 5.82 Å². The van der Waals surface area contributed by atoms with Crippen molar-refractivity contribution in [2.24, 2.45) is 23.7 Å². The molecule has 4 rings (SSSR count). The summed E-state index contributed by atoms with van der Waals surface area (Å²) in [4.78, 5) is 24.6. The van der Waals surface area contributed by atoms with Crippen LogP contribution in [0.3, 0.4) is 0 Å². The number of aryl methyl sites for hydroxylation is 1. The standard InChI is InChI=1S/C21H22FN3O3/c1-11-19(12(2)25(24-11)10-13-3-7-16(22)8-4-13)23-20(26)17-14-5-6-15(9-14)18(17)21(27)28/h3-8,14-15,17-18H,9-10H2,1-2H3,(H,23,26)(H,27,28)/t14-,15-,17+,18-/m0/s1. The summed E-state index contributed by atoms with van der Waals surface area (Å²) < 4.78 is 14.9. The number of amides is 1. The molecule has 1 heterocycles. The number of nitrogens with one attached hydrogen (secondary N) is 1. The molecule has 2 N–H and O–H groups in total. The summed E-state index contributed by atoms with van der Waals surface area (Å²) >= 11 is 0. The Kier molecular flexibility index (Phi) is 4.53. The lowest BCUT2D eigenvalue weighted by atomic mass is 9.82. The molecule has 2 aliphatic carbocycles. The molecule has 1 aromatic carbocycles. The molecule has 2 aromatic rings. The van der Waals surface area contributed by atoms with Gasteiger partial charge in [-0.1, -0.05) is 24.3 Å². The number of allylic oxidation sites excluding steroid dienone is 2. The molecule has 1 aromatic heterocycles. The molecule has 0 aliphatic heterocycles. The first-order valence-electron chi connectivity index (χ1n) is 9.35. The second kappa shape index (κ2) is 6.89. The van der Waals surface area contributed by atoms with Crippen molar-refractivity contribution in [3.8, 4) is 0 Å². The Hall–Kier alpha value is -2.96. The van der Waals surface area contributed by atoms with E-state index in [-0.39, 0.29) is 23.6 Å². The van der Waals surface area contributed by atoms with Crippen LogP contribution in [-0.2, 0) is 16.1 Å². The van der Waals surface area contributed by atoms with Crippen molar-refractivity contribution >= 4 is 17.6 Å². The van der Waals surface area contributed by atoms with E-state index in [1.807, 2.05) is 19.1 Å². The molecule has 4 atom stereocenters. The number of benzene rings is 1. The zero-order valence-corrected chi connectivity index (χ0v) is 15.7. The van der Waals surface area contributed by atoms with E-state index in [4.69, 9.17) is 0 Å². The van der Waals surface area contributed by atoms with Crippen LogP contribution in [-0.4, -0.2) is 26.8 Å². The number of carboxylic acids is 1. The Balaban J connectivity index is 1.54. The Morgan fingerprint density at radius 3 is 2.46 bits per heavy atom. The van der Waals surface area contributed by atoms with Crippen LogP contribution < -0.4 is 5.32 Å². The SMILES string of the molecule is Cc1nn(Cc2ccc(F)cc2)c(C)c1NC(=O)[C@H]1[C@@H](C(=O)O)[C@H]2C=C[C@H]1C2. The number of hydrogen-bond donors (Lipinski definition) is 2. The molecule has 0 radical (unpaired) electrons. The van der Waals surface area contributed by atoms with E-state index in [0.29, 0.717) is 17.9 Å². The van der Waals surface area contributed by atoms with E-state index in [1.165, 1.54) is 12.1 Å². The Morgan fingerprint density at radius 2 is 1.82 bits per heavy atom. The maximum atomic E-state index is 13.1. The minimum absolute atomic E-state index is 0.0269. The number of aliphatic carboxylic acids is 1. The fourth-order valence-corrected chi connectivity index (χ4v) is 4.52. The smallest absolute Gasteiger partial charge is 0.307 e. The Labute approximate surface area is 162 Å². The van der Waals surface area contributed by atoms with Gasteiger partial charge in [0.15, 0.2) is 0 Å².